The van der Waals surface area contributed by atoms with Gasteiger partial charge >= 0.3 is 0 Å². The Morgan fingerprint density at radius 3 is 2.82 bits per heavy atom. The minimum Gasteiger partial charge on any atom is -0.383 e. The van der Waals surface area contributed by atoms with Crippen LogP contribution in [0.15, 0.2) is 24.5 Å². The Kier molecular flexibility index (Phi) is 8.52. The Morgan fingerprint density at radius 2 is 2.14 bits per heavy atom. The lowest BCUT2D eigenvalue weighted by Crippen LogP contribution is -2.33. The number of aromatic nitrogens is 1. The van der Waals surface area contributed by atoms with E-state index in [0.717, 1.165) is 17.0 Å². The fraction of sp³-hybridized carbons (Fsp3) is 0.357. The van der Waals surface area contributed by atoms with Crippen molar-refractivity contribution >= 4 is 41.3 Å². The molecule has 5 nitrogen and oxygen atoms in total. The molecular formula is C14H19Cl2N3O2S. The van der Waals surface area contributed by atoms with Crippen molar-refractivity contribution in [3.63, 3.8) is 0 Å². The summed E-state index contributed by atoms with van der Waals surface area (Å²) >= 11 is 7.40. The highest BCUT2D eigenvalue weighted by molar-refractivity contribution is 7.19. The summed E-state index contributed by atoms with van der Waals surface area (Å²) in [5.74, 6) is -0.0932. The number of rotatable bonds is 8. The van der Waals surface area contributed by atoms with Crippen molar-refractivity contribution < 1.29 is 9.53 Å². The zero-order chi connectivity index (χ0) is 15.1. The molecule has 2 heterocycles. The van der Waals surface area contributed by atoms with Crippen LogP contribution in [0, 0.1) is 0 Å². The van der Waals surface area contributed by atoms with Gasteiger partial charge in [-0.15, -0.1) is 23.7 Å². The van der Waals surface area contributed by atoms with Crippen LogP contribution in [-0.4, -0.2) is 44.2 Å². The standard InChI is InChI=1S/C14H18ClN3O2S.ClH/c1-20-7-6-16-4-5-18-14(19)11-9-17-8-10(11)12-2-3-13(15)21-12;/h2-3,8-9,16-17H,4-7H2,1H3,(H,18,19);1H. The molecule has 0 aromatic carbocycles. The van der Waals surface area contributed by atoms with E-state index in [1.807, 2.05) is 18.3 Å². The van der Waals surface area contributed by atoms with Crippen LogP contribution in [-0.2, 0) is 4.74 Å². The Morgan fingerprint density at radius 1 is 1.32 bits per heavy atom. The van der Waals surface area contributed by atoms with Gasteiger partial charge in [0.25, 0.3) is 5.91 Å². The van der Waals surface area contributed by atoms with Crippen molar-refractivity contribution in [2.75, 3.05) is 33.4 Å². The van der Waals surface area contributed by atoms with Crippen molar-refractivity contribution in [3.8, 4) is 10.4 Å². The lowest BCUT2D eigenvalue weighted by Gasteiger charge is -2.06. The van der Waals surface area contributed by atoms with Crippen molar-refractivity contribution in [3.05, 3.63) is 34.4 Å². The molecule has 122 valence electrons. The van der Waals surface area contributed by atoms with E-state index in [4.69, 9.17) is 16.3 Å². The second-order valence-corrected chi connectivity index (χ2v) is 6.10. The summed E-state index contributed by atoms with van der Waals surface area (Å²) in [6.45, 7) is 2.71. The summed E-state index contributed by atoms with van der Waals surface area (Å²) in [6, 6.07) is 3.75. The first-order valence-electron chi connectivity index (χ1n) is 6.62. The molecular weight excluding hydrogens is 345 g/mol. The van der Waals surface area contributed by atoms with E-state index in [-0.39, 0.29) is 18.3 Å². The fourth-order valence-electron chi connectivity index (χ4n) is 1.87. The normalized spacial score (nSPS) is 10.3. The van der Waals surface area contributed by atoms with E-state index in [2.05, 4.69) is 15.6 Å². The number of amides is 1. The molecule has 2 aromatic heterocycles. The molecule has 2 rings (SSSR count). The maximum absolute atomic E-state index is 12.2. The number of hydrogen-bond acceptors (Lipinski definition) is 4. The van der Waals surface area contributed by atoms with Gasteiger partial charge in [-0.3, -0.25) is 4.79 Å². The Bertz CT molecular complexity index is 586. The molecule has 0 bridgehead atoms. The molecule has 8 heteroatoms. The lowest BCUT2D eigenvalue weighted by molar-refractivity contribution is 0.0954. The van der Waals surface area contributed by atoms with E-state index in [1.165, 1.54) is 11.3 Å². The quantitative estimate of drug-likeness (QED) is 0.631. The third-order valence-electron chi connectivity index (χ3n) is 2.90. The summed E-state index contributed by atoms with van der Waals surface area (Å²) in [4.78, 5) is 16.1. The second kappa shape index (κ2) is 9.86. The van der Waals surface area contributed by atoms with Gasteiger partial charge in [0.15, 0.2) is 0 Å². The van der Waals surface area contributed by atoms with Gasteiger partial charge in [-0.05, 0) is 12.1 Å². The Hall–Kier alpha value is -1.05. The van der Waals surface area contributed by atoms with Crippen LogP contribution in [0.1, 0.15) is 10.4 Å². The highest BCUT2D eigenvalue weighted by Crippen LogP contribution is 2.32. The average molecular weight is 364 g/mol. The van der Waals surface area contributed by atoms with Gasteiger partial charge in [-0.25, -0.2) is 0 Å². The minimum absolute atomic E-state index is 0. The van der Waals surface area contributed by atoms with Crippen LogP contribution in [0.3, 0.4) is 0 Å². The number of carbonyl (C=O) groups excluding carboxylic acids is 1. The number of ether oxygens (including phenoxy) is 1. The van der Waals surface area contributed by atoms with Crippen molar-refractivity contribution in [1.29, 1.82) is 0 Å². The van der Waals surface area contributed by atoms with Gasteiger partial charge in [-0.2, -0.15) is 0 Å². The molecule has 3 N–H and O–H groups in total. The first kappa shape index (κ1) is 19.0. The molecule has 1 amide bonds. The fourth-order valence-corrected chi connectivity index (χ4v) is 2.95. The zero-order valence-electron chi connectivity index (χ0n) is 12.1. The molecule has 0 aliphatic rings. The van der Waals surface area contributed by atoms with Gasteiger partial charge in [0.2, 0.25) is 0 Å². The average Bonchev–Trinajstić information content (AvgIpc) is 3.10. The molecule has 0 saturated heterocycles. The van der Waals surface area contributed by atoms with Gasteiger partial charge < -0.3 is 20.4 Å². The second-order valence-electron chi connectivity index (χ2n) is 4.39. The van der Waals surface area contributed by atoms with Crippen molar-refractivity contribution in [2.24, 2.45) is 0 Å². The van der Waals surface area contributed by atoms with Gasteiger partial charge in [-0.1, -0.05) is 11.6 Å². The predicted octanol–water partition coefficient (Wildman–Crippen LogP) is 2.78. The third kappa shape index (κ3) is 5.30. The maximum atomic E-state index is 12.2. The summed E-state index contributed by atoms with van der Waals surface area (Å²) in [5, 5.41) is 6.06. The zero-order valence-corrected chi connectivity index (χ0v) is 14.5. The molecule has 0 saturated carbocycles. The molecule has 0 spiro atoms. The molecule has 2 aromatic rings. The maximum Gasteiger partial charge on any atom is 0.253 e. The van der Waals surface area contributed by atoms with Gasteiger partial charge in [0, 0.05) is 49.6 Å². The van der Waals surface area contributed by atoms with E-state index >= 15 is 0 Å². The van der Waals surface area contributed by atoms with Gasteiger partial charge in [0.1, 0.15) is 0 Å². The number of aromatic amines is 1. The van der Waals surface area contributed by atoms with Crippen molar-refractivity contribution in [1.82, 2.24) is 15.6 Å². The smallest absolute Gasteiger partial charge is 0.253 e. The Balaban J connectivity index is 0.00000242. The van der Waals surface area contributed by atoms with Crippen LogP contribution >= 0.6 is 35.3 Å². The van der Waals surface area contributed by atoms with Crippen LogP contribution in [0.4, 0.5) is 0 Å². The number of nitrogens with one attached hydrogen (secondary N) is 3. The number of methoxy groups -OCH3 is 1. The molecule has 0 atom stereocenters. The SMILES string of the molecule is COCCNCCNC(=O)c1c[nH]cc1-c1ccc(Cl)s1.Cl. The third-order valence-corrected chi connectivity index (χ3v) is 4.16. The molecule has 0 radical (unpaired) electrons. The minimum atomic E-state index is -0.0932. The van der Waals surface area contributed by atoms with E-state index in [9.17, 15) is 4.79 Å². The largest absolute Gasteiger partial charge is 0.383 e. The summed E-state index contributed by atoms with van der Waals surface area (Å²) < 4.78 is 5.64. The summed E-state index contributed by atoms with van der Waals surface area (Å²) in [7, 11) is 1.66. The van der Waals surface area contributed by atoms with E-state index < -0.39 is 0 Å². The number of thiophene rings is 1. The van der Waals surface area contributed by atoms with Crippen LogP contribution < -0.4 is 10.6 Å². The molecule has 0 aliphatic heterocycles. The Labute approximate surface area is 144 Å². The monoisotopic (exact) mass is 363 g/mol. The molecule has 0 unspecified atom stereocenters. The highest BCUT2D eigenvalue weighted by Gasteiger charge is 2.14. The van der Waals surface area contributed by atoms with Crippen LogP contribution in [0.2, 0.25) is 4.34 Å². The first-order chi connectivity index (χ1) is 10.2. The number of hydrogen-bond donors (Lipinski definition) is 3. The number of H-pyrrole nitrogens is 1. The van der Waals surface area contributed by atoms with E-state index in [0.29, 0.717) is 29.6 Å². The summed E-state index contributed by atoms with van der Waals surface area (Å²) in [5.41, 5.74) is 1.50. The predicted molar refractivity (Wildman–Crippen MR) is 93.4 cm³/mol. The number of carbonyl (C=O) groups is 1. The lowest BCUT2D eigenvalue weighted by atomic mass is 10.1. The van der Waals surface area contributed by atoms with E-state index in [1.54, 1.807) is 13.3 Å². The van der Waals surface area contributed by atoms with Crippen LogP contribution in [0.5, 0.6) is 0 Å². The summed E-state index contributed by atoms with van der Waals surface area (Å²) in [6.07, 6.45) is 3.52. The van der Waals surface area contributed by atoms with Gasteiger partial charge in [0.05, 0.1) is 16.5 Å². The molecule has 0 fully saturated rings. The topological polar surface area (TPSA) is 66.2 Å². The highest BCUT2D eigenvalue weighted by atomic mass is 35.5. The van der Waals surface area contributed by atoms with Crippen molar-refractivity contribution in [2.45, 2.75) is 0 Å². The van der Waals surface area contributed by atoms with Crippen LogP contribution in [0.25, 0.3) is 10.4 Å². The first-order valence-corrected chi connectivity index (χ1v) is 7.82. The molecule has 22 heavy (non-hydrogen) atoms. The molecule has 0 aliphatic carbocycles. The number of halogens is 2.